The Hall–Kier alpha value is -0.870. The number of rotatable bonds is 3. The summed E-state index contributed by atoms with van der Waals surface area (Å²) >= 11 is 1.71. The third-order valence-electron chi connectivity index (χ3n) is 2.38. The van der Waals surface area contributed by atoms with E-state index >= 15 is 0 Å². The van der Waals surface area contributed by atoms with Crippen molar-refractivity contribution >= 4 is 16.3 Å². The maximum atomic E-state index is 5.72. The van der Waals surface area contributed by atoms with Gasteiger partial charge in [0.25, 0.3) is 0 Å². The fraction of sp³-hybridized carbons (Fsp3) is 0.500. The molecule has 2 aromatic rings. The third-order valence-corrected chi connectivity index (χ3v) is 3.50. The van der Waals surface area contributed by atoms with Crippen molar-refractivity contribution in [3.63, 3.8) is 0 Å². The lowest BCUT2D eigenvalue weighted by Crippen LogP contribution is -2.01. The van der Waals surface area contributed by atoms with Crippen LogP contribution in [0.25, 0.3) is 4.96 Å². The lowest BCUT2D eigenvalue weighted by atomic mass is 10.2. The lowest BCUT2D eigenvalue weighted by molar-refractivity contribution is 0.840. The Morgan fingerprint density at radius 2 is 2.36 bits per heavy atom. The third kappa shape index (κ3) is 1.35. The summed E-state index contributed by atoms with van der Waals surface area (Å²) in [5.74, 6) is 0. The van der Waals surface area contributed by atoms with Crippen LogP contribution in [0.2, 0.25) is 0 Å². The van der Waals surface area contributed by atoms with Gasteiger partial charge in [0.2, 0.25) is 0 Å². The van der Waals surface area contributed by atoms with Gasteiger partial charge in [-0.3, -0.25) is 4.40 Å². The molecule has 0 aliphatic rings. The molecular weight excluding hydrogens is 194 g/mol. The molecule has 2 aromatic heterocycles. The zero-order valence-electron chi connectivity index (χ0n) is 8.58. The zero-order chi connectivity index (χ0) is 10.1. The van der Waals surface area contributed by atoms with Gasteiger partial charge in [0.15, 0.2) is 4.96 Å². The predicted molar refractivity (Wildman–Crippen MR) is 59.7 cm³/mol. The van der Waals surface area contributed by atoms with Crippen molar-refractivity contribution in [1.82, 2.24) is 9.38 Å². The van der Waals surface area contributed by atoms with Gasteiger partial charge in [-0.1, -0.05) is 24.7 Å². The Kier molecular flexibility index (Phi) is 2.56. The summed E-state index contributed by atoms with van der Waals surface area (Å²) < 4.78 is 2.23. The van der Waals surface area contributed by atoms with E-state index in [0.717, 1.165) is 17.8 Å². The second-order valence-corrected chi connectivity index (χ2v) is 4.51. The van der Waals surface area contributed by atoms with Gasteiger partial charge in [-0.15, -0.1) is 0 Å². The summed E-state index contributed by atoms with van der Waals surface area (Å²) in [6.07, 6.45) is 4.16. The molecule has 0 bridgehead atoms. The van der Waals surface area contributed by atoms with Crippen LogP contribution in [0.4, 0.5) is 0 Å². The molecule has 0 aliphatic carbocycles. The van der Waals surface area contributed by atoms with Crippen LogP contribution in [0.5, 0.6) is 0 Å². The van der Waals surface area contributed by atoms with Gasteiger partial charge in [0.1, 0.15) is 0 Å². The number of imidazole rings is 1. The van der Waals surface area contributed by atoms with E-state index in [2.05, 4.69) is 23.2 Å². The minimum atomic E-state index is 0.628. The number of fused-ring (bicyclic) bond motifs is 1. The molecule has 0 saturated carbocycles. The maximum absolute atomic E-state index is 5.72. The van der Waals surface area contributed by atoms with Crippen LogP contribution in [0.3, 0.4) is 0 Å². The molecule has 0 atom stereocenters. The molecule has 76 valence electrons. The van der Waals surface area contributed by atoms with Crippen molar-refractivity contribution in [2.45, 2.75) is 33.2 Å². The Bertz CT molecular complexity index is 441. The second kappa shape index (κ2) is 3.71. The Balaban J connectivity index is 2.64. The van der Waals surface area contributed by atoms with E-state index in [1.165, 1.54) is 16.3 Å². The smallest absolute Gasteiger partial charge is 0.194 e. The van der Waals surface area contributed by atoms with Crippen molar-refractivity contribution in [3.05, 3.63) is 22.5 Å². The molecule has 0 aromatic carbocycles. The first-order valence-electron chi connectivity index (χ1n) is 4.92. The average Bonchev–Trinajstić information content (AvgIpc) is 2.69. The van der Waals surface area contributed by atoms with Crippen LogP contribution in [0.15, 0.2) is 6.20 Å². The van der Waals surface area contributed by atoms with E-state index in [-0.39, 0.29) is 0 Å². The SMILES string of the molecule is CCCc1c(CN)sc2ncc(C)n12. The highest BCUT2D eigenvalue weighted by Crippen LogP contribution is 2.24. The second-order valence-electron chi connectivity index (χ2n) is 3.44. The topological polar surface area (TPSA) is 43.3 Å². The van der Waals surface area contributed by atoms with Gasteiger partial charge in [0, 0.05) is 29.0 Å². The molecule has 2 N–H and O–H groups in total. The summed E-state index contributed by atoms with van der Waals surface area (Å²) in [6.45, 7) is 4.91. The van der Waals surface area contributed by atoms with Gasteiger partial charge < -0.3 is 5.73 Å². The van der Waals surface area contributed by atoms with Crippen LogP contribution in [-0.2, 0) is 13.0 Å². The van der Waals surface area contributed by atoms with Crippen molar-refractivity contribution in [3.8, 4) is 0 Å². The monoisotopic (exact) mass is 209 g/mol. The van der Waals surface area contributed by atoms with Crippen LogP contribution in [-0.4, -0.2) is 9.38 Å². The number of hydrogen-bond acceptors (Lipinski definition) is 3. The molecule has 0 unspecified atom stereocenters. The van der Waals surface area contributed by atoms with E-state index in [1.807, 2.05) is 6.20 Å². The first-order chi connectivity index (χ1) is 6.77. The Morgan fingerprint density at radius 3 is 3.00 bits per heavy atom. The standard InChI is InChI=1S/C10H15N3S/c1-3-4-8-9(5-11)14-10-12-6-7(2)13(8)10/h6H,3-5,11H2,1-2H3. The largest absolute Gasteiger partial charge is 0.326 e. The molecule has 0 radical (unpaired) electrons. The van der Waals surface area contributed by atoms with Gasteiger partial charge in [-0.25, -0.2) is 4.98 Å². The Labute approximate surface area is 87.6 Å². The fourth-order valence-corrected chi connectivity index (χ4v) is 2.82. The summed E-state index contributed by atoms with van der Waals surface area (Å²) in [4.78, 5) is 6.71. The highest BCUT2D eigenvalue weighted by Gasteiger charge is 2.12. The average molecular weight is 209 g/mol. The molecular formula is C10H15N3S. The molecule has 14 heavy (non-hydrogen) atoms. The predicted octanol–water partition coefficient (Wildman–Crippen LogP) is 2.12. The van der Waals surface area contributed by atoms with Crippen LogP contribution < -0.4 is 5.73 Å². The van der Waals surface area contributed by atoms with Gasteiger partial charge in [-0.2, -0.15) is 0 Å². The molecule has 0 fully saturated rings. The number of thiazole rings is 1. The summed E-state index contributed by atoms with van der Waals surface area (Å²) in [5.41, 5.74) is 8.28. The fourth-order valence-electron chi connectivity index (χ4n) is 1.76. The first-order valence-corrected chi connectivity index (χ1v) is 5.74. The van der Waals surface area contributed by atoms with Crippen molar-refractivity contribution < 1.29 is 0 Å². The van der Waals surface area contributed by atoms with Crippen LogP contribution >= 0.6 is 11.3 Å². The van der Waals surface area contributed by atoms with E-state index in [4.69, 9.17) is 5.73 Å². The number of aromatic nitrogens is 2. The molecule has 0 saturated heterocycles. The number of hydrogen-bond donors (Lipinski definition) is 1. The van der Waals surface area contributed by atoms with Crippen molar-refractivity contribution in [2.24, 2.45) is 5.73 Å². The molecule has 0 amide bonds. The van der Waals surface area contributed by atoms with E-state index in [1.54, 1.807) is 11.3 Å². The van der Waals surface area contributed by atoms with E-state index in [0.29, 0.717) is 6.54 Å². The van der Waals surface area contributed by atoms with Gasteiger partial charge in [-0.05, 0) is 13.3 Å². The quantitative estimate of drug-likeness (QED) is 0.841. The molecule has 0 aliphatic heterocycles. The van der Waals surface area contributed by atoms with Gasteiger partial charge in [0.05, 0.1) is 0 Å². The minimum Gasteiger partial charge on any atom is -0.326 e. The lowest BCUT2D eigenvalue weighted by Gasteiger charge is -2.01. The Morgan fingerprint density at radius 1 is 1.57 bits per heavy atom. The van der Waals surface area contributed by atoms with Crippen molar-refractivity contribution in [1.29, 1.82) is 0 Å². The minimum absolute atomic E-state index is 0.628. The molecule has 2 heterocycles. The van der Waals surface area contributed by atoms with E-state index in [9.17, 15) is 0 Å². The molecule has 3 nitrogen and oxygen atoms in total. The number of nitrogens with two attached hydrogens (primary N) is 1. The summed E-state index contributed by atoms with van der Waals surface area (Å²) in [7, 11) is 0. The maximum Gasteiger partial charge on any atom is 0.194 e. The van der Waals surface area contributed by atoms with Crippen LogP contribution in [0, 0.1) is 6.92 Å². The van der Waals surface area contributed by atoms with Crippen LogP contribution in [0.1, 0.15) is 29.6 Å². The summed E-state index contributed by atoms with van der Waals surface area (Å²) in [6, 6.07) is 0. The molecule has 0 spiro atoms. The zero-order valence-corrected chi connectivity index (χ0v) is 9.40. The highest BCUT2D eigenvalue weighted by molar-refractivity contribution is 7.17. The molecule has 4 heteroatoms. The van der Waals surface area contributed by atoms with Crippen molar-refractivity contribution in [2.75, 3.05) is 0 Å². The highest BCUT2D eigenvalue weighted by atomic mass is 32.1. The van der Waals surface area contributed by atoms with E-state index < -0.39 is 0 Å². The van der Waals surface area contributed by atoms with Gasteiger partial charge >= 0.3 is 0 Å². The normalized spacial score (nSPS) is 11.4. The number of nitrogens with zero attached hydrogens (tertiary/aromatic N) is 2. The molecule has 2 rings (SSSR count). The first kappa shape index (κ1) is 9.68. The summed E-state index contributed by atoms with van der Waals surface area (Å²) in [5, 5.41) is 0. The number of aryl methyl sites for hydroxylation is 2.